The second-order valence-corrected chi connectivity index (χ2v) is 7.50. The molecule has 2 aliphatic rings. The topological polar surface area (TPSA) is 64.5 Å². The first-order valence-corrected chi connectivity index (χ1v) is 9.41. The molecule has 2 aromatic rings. The van der Waals surface area contributed by atoms with E-state index in [4.69, 9.17) is 14.5 Å². The lowest BCUT2D eigenvalue weighted by Crippen LogP contribution is -2.41. The van der Waals surface area contributed by atoms with E-state index < -0.39 is 0 Å². The summed E-state index contributed by atoms with van der Waals surface area (Å²) in [6.45, 7) is 6.86. The largest absolute Gasteiger partial charge is 0.492 e. The van der Waals surface area contributed by atoms with Gasteiger partial charge in [-0.05, 0) is 31.7 Å². The van der Waals surface area contributed by atoms with Crippen LogP contribution in [0, 0.1) is 6.92 Å². The van der Waals surface area contributed by atoms with Crippen LogP contribution in [0.15, 0.2) is 17.6 Å². The van der Waals surface area contributed by atoms with Crippen LogP contribution < -0.4 is 4.74 Å². The van der Waals surface area contributed by atoms with Gasteiger partial charge in [-0.2, -0.15) is 0 Å². The van der Waals surface area contributed by atoms with Crippen LogP contribution in [0.2, 0.25) is 0 Å². The first-order chi connectivity index (χ1) is 12.1. The van der Waals surface area contributed by atoms with Crippen molar-refractivity contribution >= 4 is 17.2 Å². The molecule has 0 N–H and O–H groups in total. The lowest BCUT2D eigenvalue weighted by molar-refractivity contribution is 0.0483. The fourth-order valence-electron chi connectivity index (χ4n) is 3.71. The van der Waals surface area contributed by atoms with Gasteiger partial charge in [-0.25, -0.2) is 9.97 Å². The number of thiophene rings is 1. The third-order valence-corrected chi connectivity index (χ3v) is 5.77. The maximum Gasteiger partial charge on any atom is 0.267 e. The molecule has 0 bridgehead atoms. The van der Waals surface area contributed by atoms with Gasteiger partial charge in [0.1, 0.15) is 16.5 Å². The molecule has 2 aliphatic heterocycles. The van der Waals surface area contributed by atoms with Crippen LogP contribution in [0.5, 0.6) is 5.75 Å². The third kappa shape index (κ3) is 2.81. The van der Waals surface area contributed by atoms with E-state index in [0.29, 0.717) is 43.5 Å². The summed E-state index contributed by atoms with van der Waals surface area (Å²) < 4.78 is 11.4. The summed E-state index contributed by atoms with van der Waals surface area (Å²) in [5, 5.41) is 1.90. The van der Waals surface area contributed by atoms with Gasteiger partial charge in [0.25, 0.3) is 5.91 Å². The monoisotopic (exact) mass is 359 g/mol. The summed E-state index contributed by atoms with van der Waals surface area (Å²) in [5.74, 6) is 1.48. The molecular formula is C18H21N3O3S. The maximum atomic E-state index is 13.0. The minimum Gasteiger partial charge on any atom is -0.492 e. The quantitative estimate of drug-likeness (QED) is 0.843. The van der Waals surface area contributed by atoms with Crippen LogP contribution in [0.1, 0.15) is 40.1 Å². The van der Waals surface area contributed by atoms with Crippen LogP contribution >= 0.6 is 11.3 Å². The molecule has 4 heterocycles. The molecule has 0 saturated carbocycles. The smallest absolute Gasteiger partial charge is 0.267 e. The number of aryl methyl sites for hydroxylation is 1. The average molecular weight is 359 g/mol. The van der Waals surface area contributed by atoms with Crippen molar-refractivity contribution in [2.45, 2.75) is 32.3 Å². The zero-order valence-electron chi connectivity index (χ0n) is 14.4. The van der Waals surface area contributed by atoms with Crippen molar-refractivity contribution in [3.8, 4) is 5.75 Å². The van der Waals surface area contributed by atoms with Gasteiger partial charge in [-0.1, -0.05) is 0 Å². The summed E-state index contributed by atoms with van der Waals surface area (Å²) in [5.41, 5.74) is 1.87. The van der Waals surface area contributed by atoms with Crippen molar-refractivity contribution in [3.05, 3.63) is 39.6 Å². The normalized spacial score (nSPS) is 22.2. The van der Waals surface area contributed by atoms with E-state index in [0.717, 1.165) is 23.5 Å². The number of hydrogen-bond acceptors (Lipinski definition) is 6. The maximum absolute atomic E-state index is 13.0. The highest BCUT2D eigenvalue weighted by atomic mass is 32.1. The Morgan fingerprint density at radius 3 is 3.24 bits per heavy atom. The van der Waals surface area contributed by atoms with Gasteiger partial charge < -0.3 is 14.4 Å². The van der Waals surface area contributed by atoms with Crippen molar-refractivity contribution in [1.29, 1.82) is 0 Å². The molecular weight excluding hydrogens is 338 g/mol. The molecule has 1 spiro atoms. The van der Waals surface area contributed by atoms with Crippen LogP contribution in [0.3, 0.4) is 0 Å². The minimum absolute atomic E-state index is 0.0354. The van der Waals surface area contributed by atoms with Gasteiger partial charge in [-0.3, -0.25) is 4.79 Å². The van der Waals surface area contributed by atoms with Crippen LogP contribution in [0.4, 0.5) is 0 Å². The Labute approximate surface area is 150 Å². The van der Waals surface area contributed by atoms with E-state index in [1.165, 1.54) is 11.3 Å². The highest BCUT2D eigenvalue weighted by Crippen LogP contribution is 2.40. The Morgan fingerprint density at radius 2 is 2.40 bits per heavy atom. The van der Waals surface area contributed by atoms with Gasteiger partial charge in [0.15, 0.2) is 0 Å². The van der Waals surface area contributed by atoms with Crippen molar-refractivity contribution in [2.75, 3.05) is 26.3 Å². The number of carbonyl (C=O) groups is 1. The zero-order valence-corrected chi connectivity index (χ0v) is 15.3. The number of rotatable bonds is 3. The van der Waals surface area contributed by atoms with Crippen LogP contribution in [-0.4, -0.2) is 47.1 Å². The minimum atomic E-state index is -0.222. The van der Waals surface area contributed by atoms with Crippen molar-refractivity contribution in [1.82, 2.24) is 14.9 Å². The molecule has 1 fully saturated rings. The van der Waals surface area contributed by atoms with E-state index in [1.54, 1.807) is 0 Å². The second-order valence-electron chi connectivity index (χ2n) is 6.59. The summed E-state index contributed by atoms with van der Waals surface area (Å²) in [6, 6.07) is 1.86. The fraction of sp³-hybridized carbons (Fsp3) is 0.500. The highest BCUT2D eigenvalue weighted by Gasteiger charge is 2.46. The summed E-state index contributed by atoms with van der Waals surface area (Å²) >= 11 is 1.43. The highest BCUT2D eigenvalue weighted by molar-refractivity contribution is 7.12. The molecule has 0 aliphatic carbocycles. The Kier molecular flexibility index (Phi) is 4.21. The Hall–Kier alpha value is -1.99. The summed E-state index contributed by atoms with van der Waals surface area (Å²) in [4.78, 5) is 24.6. The molecule has 2 aromatic heterocycles. The molecule has 25 heavy (non-hydrogen) atoms. The molecule has 1 atom stereocenters. The van der Waals surface area contributed by atoms with Gasteiger partial charge in [0.05, 0.1) is 30.9 Å². The summed E-state index contributed by atoms with van der Waals surface area (Å²) in [7, 11) is 0. The SMILES string of the molecule is CCOc1ccsc1C(=O)N1CCC2(COCc3cnc(C)nc32)C1. The van der Waals surface area contributed by atoms with Crippen molar-refractivity contribution < 1.29 is 14.3 Å². The lowest BCUT2D eigenvalue weighted by Gasteiger charge is -2.34. The first kappa shape index (κ1) is 16.5. The molecule has 7 heteroatoms. The van der Waals surface area contributed by atoms with Crippen LogP contribution in [0.25, 0.3) is 0 Å². The summed E-state index contributed by atoms with van der Waals surface area (Å²) in [6.07, 6.45) is 2.72. The van der Waals surface area contributed by atoms with Crippen molar-refractivity contribution in [2.24, 2.45) is 0 Å². The van der Waals surface area contributed by atoms with E-state index in [1.807, 2.05) is 36.4 Å². The predicted octanol–water partition coefficient (Wildman–Crippen LogP) is 2.56. The number of nitrogens with zero attached hydrogens (tertiary/aromatic N) is 3. The molecule has 6 nitrogen and oxygen atoms in total. The standard InChI is InChI=1S/C18H21N3O3S/c1-3-24-14-4-7-25-15(14)17(22)21-6-5-18(10-21)11-23-9-13-8-19-12(2)20-16(13)18/h4,7-8H,3,5-6,9-11H2,1-2H3. The second kappa shape index (κ2) is 6.38. The van der Waals surface area contributed by atoms with E-state index in [-0.39, 0.29) is 11.3 Å². The van der Waals surface area contributed by atoms with Gasteiger partial charge >= 0.3 is 0 Å². The third-order valence-electron chi connectivity index (χ3n) is 4.89. The lowest BCUT2D eigenvalue weighted by atomic mass is 9.80. The van der Waals surface area contributed by atoms with Gasteiger partial charge in [0, 0.05) is 24.8 Å². The Bertz CT molecular complexity index is 807. The first-order valence-electron chi connectivity index (χ1n) is 8.53. The average Bonchev–Trinajstić information content (AvgIpc) is 3.24. The molecule has 1 saturated heterocycles. The van der Waals surface area contributed by atoms with Gasteiger partial charge in [-0.15, -0.1) is 11.3 Å². The van der Waals surface area contributed by atoms with Crippen LogP contribution in [-0.2, 0) is 16.8 Å². The van der Waals surface area contributed by atoms with E-state index >= 15 is 0 Å². The Balaban J connectivity index is 1.61. The number of aromatic nitrogens is 2. The molecule has 132 valence electrons. The number of carbonyl (C=O) groups excluding carboxylic acids is 1. The number of fused-ring (bicyclic) bond motifs is 2. The number of hydrogen-bond donors (Lipinski definition) is 0. The van der Waals surface area contributed by atoms with E-state index in [9.17, 15) is 4.79 Å². The fourth-order valence-corrected chi connectivity index (χ4v) is 4.51. The van der Waals surface area contributed by atoms with E-state index in [2.05, 4.69) is 4.98 Å². The molecule has 4 rings (SSSR count). The predicted molar refractivity (Wildman–Crippen MR) is 94.1 cm³/mol. The number of amides is 1. The molecule has 1 amide bonds. The molecule has 1 unspecified atom stereocenters. The van der Waals surface area contributed by atoms with Gasteiger partial charge in [0.2, 0.25) is 0 Å². The number of ether oxygens (including phenoxy) is 2. The Morgan fingerprint density at radius 1 is 1.52 bits per heavy atom. The molecule has 0 aromatic carbocycles. The zero-order chi connectivity index (χ0) is 17.4. The number of likely N-dealkylation sites (tertiary alicyclic amines) is 1. The van der Waals surface area contributed by atoms with Crippen molar-refractivity contribution in [3.63, 3.8) is 0 Å². The molecule has 0 radical (unpaired) electrons.